The van der Waals surface area contributed by atoms with Gasteiger partial charge in [-0.2, -0.15) is 0 Å². The number of halogens is 1. The topological polar surface area (TPSA) is 121 Å². The summed E-state index contributed by atoms with van der Waals surface area (Å²) in [6.45, 7) is 0.142. The molecule has 10 heteroatoms. The number of hydrogen-bond donors (Lipinski definition) is 3. The second-order valence-corrected chi connectivity index (χ2v) is 5.23. The molecule has 1 rings (SSSR count). The Kier molecular flexibility index (Phi) is 7.61. The molecule has 0 aromatic carbocycles. The van der Waals surface area contributed by atoms with E-state index in [1.807, 2.05) is 0 Å². The van der Waals surface area contributed by atoms with Crippen LogP contribution in [0.4, 0.5) is 0 Å². The first kappa shape index (κ1) is 18.2. The molecule has 22 heavy (non-hydrogen) atoms. The fourth-order valence-electron chi connectivity index (χ4n) is 1.38. The van der Waals surface area contributed by atoms with Crippen LogP contribution in [0.25, 0.3) is 0 Å². The van der Waals surface area contributed by atoms with Crippen LogP contribution in [0.5, 0.6) is 0 Å². The van der Waals surface area contributed by atoms with Gasteiger partial charge in [-0.15, -0.1) is 0 Å². The number of thioether (sulfide) groups is 1. The Hall–Kier alpha value is -1.87. The summed E-state index contributed by atoms with van der Waals surface area (Å²) in [7, 11) is 0. The Morgan fingerprint density at radius 3 is 2.59 bits per heavy atom. The van der Waals surface area contributed by atoms with Crippen molar-refractivity contribution in [2.24, 2.45) is 0 Å². The Morgan fingerprint density at radius 1 is 1.27 bits per heavy atom. The van der Waals surface area contributed by atoms with Crippen molar-refractivity contribution < 1.29 is 19.5 Å². The maximum atomic E-state index is 11.9. The molecule has 0 saturated heterocycles. The van der Waals surface area contributed by atoms with Gasteiger partial charge >= 0.3 is 5.97 Å². The smallest absolute Gasteiger partial charge is 0.305 e. The molecule has 2 amide bonds. The van der Waals surface area contributed by atoms with Crippen molar-refractivity contribution in [3.8, 4) is 0 Å². The average Bonchev–Trinajstić information content (AvgIpc) is 2.47. The molecule has 0 spiro atoms. The zero-order valence-corrected chi connectivity index (χ0v) is 13.3. The summed E-state index contributed by atoms with van der Waals surface area (Å²) in [5, 5.41) is 13.9. The molecular weight excluding hydrogens is 332 g/mol. The first-order valence-electron chi connectivity index (χ1n) is 6.27. The van der Waals surface area contributed by atoms with Gasteiger partial charge < -0.3 is 15.7 Å². The number of carbonyl (C=O) groups excluding carboxylic acids is 2. The second kappa shape index (κ2) is 9.21. The van der Waals surface area contributed by atoms with Gasteiger partial charge in [0, 0.05) is 19.5 Å². The molecule has 0 saturated carbocycles. The zero-order valence-electron chi connectivity index (χ0n) is 11.8. The lowest BCUT2D eigenvalue weighted by Gasteiger charge is -2.07. The summed E-state index contributed by atoms with van der Waals surface area (Å²) in [5.74, 6) is -1.84. The summed E-state index contributed by atoms with van der Waals surface area (Å²) < 4.78 is 0. The van der Waals surface area contributed by atoms with Crippen LogP contribution in [0.3, 0.4) is 0 Å². The average molecular weight is 347 g/mol. The van der Waals surface area contributed by atoms with Crippen LogP contribution in [0.2, 0.25) is 5.02 Å². The van der Waals surface area contributed by atoms with Crippen molar-refractivity contribution in [2.45, 2.75) is 18.0 Å². The number of carboxylic acids is 1. The van der Waals surface area contributed by atoms with Crippen molar-refractivity contribution >= 4 is 41.1 Å². The van der Waals surface area contributed by atoms with Crippen molar-refractivity contribution in [1.82, 2.24) is 20.6 Å². The van der Waals surface area contributed by atoms with Gasteiger partial charge in [0.15, 0.2) is 10.9 Å². The van der Waals surface area contributed by atoms with E-state index < -0.39 is 11.9 Å². The predicted octanol–water partition coefficient (Wildman–Crippen LogP) is 0.563. The molecule has 0 radical (unpaired) electrons. The zero-order chi connectivity index (χ0) is 16.5. The first-order valence-corrected chi connectivity index (χ1v) is 7.87. The summed E-state index contributed by atoms with van der Waals surface area (Å²) in [4.78, 5) is 41.5. The summed E-state index contributed by atoms with van der Waals surface area (Å²) in [5.41, 5.74) is 0.0484. The van der Waals surface area contributed by atoms with Gasteiger partial charge in [-0.3, -0.25) is 14.4 Å². The quantitative estimate of drug-likeness (QED) is 0.464. The molecule has 0 unspecified atom stereocenters. The largest absolute Gasteiger partial charge is 0.481 e. The van der Waals surface area contributed by atoms with Gasteiger partial charge in [-0.25, -0.2) is 9.97 Å². The Balaban J connectivity index is 2.40. The van der Waals surface area contributed by atoms with Crippen LogP contribution in [-0.4, -0.2) is 52.2 Å². The lowest BCUT2D eigenvalue weighted by atomic mass is 10.3. The first-order chi connectivity index (χ1) is 10.4. The lowest BCUT2D eigenvalue weighted by Crippen LogP contribution is -2.32. The molecular formula is C12H15ClN4O4S. The molecule has 8 nitrogen and oxygen atoms in total. The standard InChI is InChI=1S/C12H15ClN4O4S/c1-22-12-16-6-7(13)10(17-12)11(21)15-4-2-8(18)14-5-3-9(19)20/h6H,2-5H2,1H3,(H,14,18)(H,15,21)(H,19,20). The monoisotopic (exact) mass is 346 g/mol. The number of aromatic nitrogens is 2. The third kappa shape index (κ3) is 6.27. The molecule has 1 heterocycles. The third-order valence-corrected chi connectivity index (χ3v) is 3.26. The molecule has 1 aromatic rings. The Bertz CT molecular complexity index is 570. The lowest BCUT2D eigenvalue weighted by molar-refractivity contribution is -0.136. The fraction of sp³-hybridized carbons (Fsp3) is 0.417. The number of hydrogen-bond acceptors (Lipinski definition) is 6. The summed E-state index contributed by atoms with van der Waals surface area (Å²) in [6, 6.07) is 0. The number of aliphatic carboxylic acids is 1. The summed E-state index contributed by atoms with van der Waals surface area (Å²) >= 11 is 7.13. The van der Waals surface area contributed by atoms with Gasteiger partial charge in [0.25, 0.3) is 5.91 Å². The Labute approximate surface area is 136 Å². The van der Waals surface area contributed by atoms with Crippen LogP contribution in [0.15, 0.2) is 11.4 Å². The Morgan fingerprint density at radius 2 is 1.95 bits per heavy atom. The maximum Gasteiger partial charge on any atom is 0.305 e. The number of amides is 2. The van der Waals surface area contributed by atoms with E-state index in [-0.39, 0.29) is 42.6 Å². The van der Waals surface area contributed by atoms with Crippen molar-refractivity contribution in [2.75, 3.05) is 19.3 Å². The normalized spacial score (nSPS) is 10.1. The molecule has 120 valence electrons. The van der Waals surface area contributed by atoms with Crippen LogP contribution in [-0.2, 0) is 9.59 Å². The molecule has 0 bridgehead atoms. The van der Waals surface area contributed by atoms with Crippen molar-refractivity contribution in [3.05, 3.63) is 16.9 Å². The van der Waals surface area contributed by atoms with E-state index >= 15 is 0 Å². The maximum absolute atomic E-state index is 11.9. The van der Waals surface area contributed by atoms with Crippen LogP contribution in [0, 0.1) is 0 Å². The van der Waals surface area contributed by atoms with Gasteiger partial charge in [0.05, 0.1) is 17.6 Å². The number of nitrogens with one attached hydrogen (secondary N) is 2. The molecule has 0 atom stereocenters. The van der Waals surface area contributed by atoms with E-state index in [9.17, 15) is 14.4 Å². The van der Waals surface area contributed by atoms with Crippen LogP contribution >= 0.6 is 23.4 Å². The number of carbonyl (C=O) groups is 3. The van der Waals surface area contributed by atoms with E-state index in [4.69, 9.17) is 16.7 Å². The molecule has 0 aliphatic carbocycles. The van der Waals surface area contributed by atoms with Gasteiger partial charge in [-0.1, -0.05) is 23.4 Å². The highest BCUT2D eigenvalue weighted by Crippen LogP contribution is 2.16. The highest BCUT2D eigenvalue weighted by molar-refractivity contribution is 7.98. The minimum absolute atomic E-state index is 0.0312. The molecule has 0 aliphatic heterocycles. The molecule has 0 fully saturated rings. The number of nitrogens with zero attached hydrogens (tertiary/aromatic N) is 2. The number of carboxylic acid groups (broad SMARTS) is 1. The van der Waals surface area contributed by atoms with Crippen molar-refractivity contribution in [3.63, 3.8) is 0 Å². The third-order valence-electron chi connectivity index (χ3n) is 2.42. The highest BCUT2D eigenvalue weighted by Gasteiger charge is 2.14. The molecule has 0 aliphatic rings. The molecule has 1 aromatic heterocycles. The number of rotatable bonds is 8. The van der Waals surface area contributed by atoms with E-state index in [0.717, 1.165) is 0 Å². The van der Waals surface area contributed by atoms with Gasteiger partial charge in [0.1, 0.15) is 0 Å². The van der Waals surface area contributed by atoms with Gasteiger partial charge in [0.2, 0.25) is 5.91 Å². The summed E-state index contributed by atoms with van der Waals surface area (Å²) in [6.07, 6.45) is 3.00. The highest BCUT2D eigenvalue weighted by atomic mass is 35.5. The van der Waals surface area contributed by atoms with Gasteiger partial charge in [-0.05, 0) is 6.26 Å². The van der Waals surface area contributed by atoms with E-state index in [1.54, 1.807) is 6.26 Å². The minimum Gasteiger partial charge on any atom is -0.481 e. The predicted molar refractivity (Wildman–Crippen MR) is 81.0 cm³/mol. The second-order valence-electron chi connectivity index (χ2n) is 4.05. The van der Waals surface area contributed by atoms with E-state index in [2.05, 4.69) is 20.6 Å². The van der Waals surface area contributed by atoms with E-state index in [0.29, 0.717) is 5.16 Å². The fourth-order valence-corrected chi connectivity index (χ4v) is 1.90. The van der Waals surface area contributed by atoms with Crippen LogP contribution < -0.4 is 10.6 Å². The van der Waals surface area contributed by atoms with E-state index in [1.165, 1.54) is 18.0 Å². The minimum atomic E-state index is -0.989. The molecule has 3 N–H and O–H groups in total. The van der Waals surface area contributed by atoms with Crippen molar-refractivity contribution in [1.29, 1.82) is 0 Å². The van der Waals surface area contributed by atoms with Crippen LogP contribution in [0.1, 0.15) is 23.3 Å². The SMILES string of the molecule is CSc1ncc(Cl)c(C(=O)NCCC(=O)NCCC(=O)O)n1.